The summed E-state index contributed by atoms with van der Waals surface area (Å²) < 4.78 is 4.98. The van der Waals surface area contributed by atoms with Crippen LogP contribution in [0.1, 0.15) is 31.3 Å². The summed E-state index contributed by atoms with van der Waals surface area (Å²) in [6.07, 6.45) is 1.60. The van der Waals surface area contributed by atoms with Gasteiger partial charge in [-0.25, -0.2) is 14.6 Å². The Morgan fingerprint density at radius 2 is 2.00 bits per heavy atom. The molecule has 92 valence electrons. The molecule has 0 atom stereocenters. The molecule has 7 nitrogen and oxygen atoms in total. The van der Waals surface area contributed by atoms with E-state index in [1.807, 2.05) is 0 Å². The number of carbonyl (C=O) groups excluding carboxylic acids is 1. The number of rotatable bonds is 2. The number of amides is 1. The molecule has 1 rings (SSSR count). The van der Waals surface area contributed by atoms with Gasteiger partial charge >= 0.3 is 12.1 Å². The number of carboxylic acids is 1. The summed E-state index contributed by atoms with van der Waals surface area (Å²) in [6.45, 7) is 5.14. The molecule has 0 aliphatic heterocycles. The molecule has 0 saturated carbocycles. The molecule has 0 saturated heterocycles. The Bertz CT molecular complexity index is 439. The molecule has 0 radical (unpaired) electrons. The molecule has 1 aromatic rings. The lowest BCUT2D eigenvalue weighted by Crippen LogP contribution is -2.27. The molecule has 7 heteroatoms. The second kappa shape index (κ2) is 4.77. The van der Waals surface area contributed by atoms with E-state index in [0.29, 0.717) is 0 Å². The van der Waals surface area contributed by atoms with Crippen molar-refractivity contribution in [2.45, 2.75) is 26.4 Å². The van der Waals surface area contributed by atoms with Gasteiger partial charge in [-0.05, 0) is 20.8 Å². The summed E-state index contributed by atoms with van der Waals surface area (Å²) in [5, 5.41) is 11.0. The quantitative estimate of drug-likeness (QED) is 0.811. The van der Waals surface area contributed by atoms with Crippen LogP contribution in [0.4, 0.5) is 10.6 Å². The summed E-state index contributed by atoms with van der Waals surface area (Å²) in [7, 11) is 0. The van der Waals surface area contributed by atoms with Crippen molar-refractivity contribution in [2.75, 3.05) is 5.32 Å². The molecule has 17 heavy (non-hydrogen) atoms. The Hall–Kier alpha value is -2.18. The topological polar surface area (TPSA) is 101 Å². The number of nitrogens with zero attached hydrogens (tertiary/aromatic N) is 2. The maximum atomic E-state index is 11.4. The molecule has 0 aromatic carbocycles. The Balaban J connectivity index is 2.72. The zero-order valence-electron chi connectivity index (χ0n) is 9.72. The predicted molar refractivity (Wildman–Crippen MR) is 58.8 cm³/mol. The molecule has 1 amide bonds. The third kappa shape index (κ3) is 4.45. The highest BCUT2D eigenvalue weighted by Crippen LogP contribution is 2.09. The van der Waals surface area contributed by atoms with Gasteiger partial charge < -0.3 is 9.84 Å². The van der Waals surface area contributed by atoms with E-state index in [1.165, 1.54) is 6.20 Å². The molecule has 0 aliphatic rings. The highest BCUT2D eigenvalue weighted by atomic mass is 16.6. The van der Waals surface area contributed by atoms with Gasteiger partial charge in [0, 0.05) is 0 Å². The number of carboxylic acid groups (broad SMARTS) is 1. The van der Waals surface area contributed by atoms with Crippen LogP contribution < -0.4 is 5.32 Å². The van der Waals surface area contributed by atoms with Gasteiger partial charge in [-0.3, -0.25) is 10.3 Å². The second-order valence-corrected chi connectivity index (χ2v) is 4.22. The standard InChI is InChI=1S/C10H13N3O4/c1-10(2,3)17-9(16)13-7-5-11-4-6(12-7)8(14)15/h4-5H,1-3H3,(H,14,15)(H,12,13,16). The van der Waals surface area contributed by atoms with Crippen LogP contribution in [0, 0.1) is 0 Å². The van der Waals surface area contributed by atoms with Gasteiger partial charge in [0.2, 0.25) is 0 Å². The van der Waals surface area contributed by atoms with E-state index < -0.39 is 17.7 Å². The van der Waals surface area contributed by atoms with Gasteiger partial charge in [0.05, 0.1) is 12.4 Å². The monoisotopic (exact) mass is 239 g/mol. The van der Waals surface area contributed by atoms with E-state index in [0.717, 1.165) is 6.20 Å². The van der Waals surface area contributed by atoms with Crippen LogP contribution in [0.25, 0.3) is 0 Å². The fraction of sp³-hybridized carbons (Fsp3) is 0.400. The summed E-state index contributed by atoms with van der Waals surface area (Å²) in [4.78, 5) is 29.3. The summed E-state index contributed by atoms with van der Waals surface area (Å²) in [5.74, 6) is -1.19. The smallest absolute Gasteiger partial charge is 0.413 e. The molecule has 2 N–H and O–H groups in total. The lowest BCUT2D eigenvalue weighted by molar-refractivity contribution is 0.0630. The maximum absolute atomic E-state index is 11.4. The van der Waals surface area contributed by atoms with E-state index in [9.17, 15) is 9.59 Å². The second-order valence-electron chi connectivity index (χ2n) is 4.22. The molecule has 0 unspecified atom stereocenters. The Kier molecular flexibility index (Phi) is 3.62. The van der Waals surface area contributed by atoms with Crippen LogP contribution in [0.2, 0.25) is 0 Å². The van der Waals surface area contributed by atoms with Crippen molar-refractivity contribution in [1.29, 1.82) is 0 Å². The Labute approximate surface area is 97.8 Å². The Morgan fingerprint density at radius 1 is 1.35 bits per heavy atom. The third-order valence-electron chi connectivity index (χ3n) is 1.48. The van der Waals surface area contributed by atoms with E-state index >= 15 is 0 Å². The highest BCUT2D eigenvalue weighted by Gasteiger charge is 2.17. The Morgan fingerprint density at radius 3 is 2.53 bits per heavy atom. The van der Waals surface area contributed by atoms with Crippen molar-refractivity contribution in [3.63, 3.8) is 0 Å². The minimum absolute atomic E-state index is 0.0270. The fourth-order valence-corrected chi connectivity index (χ4v) is 0.937. The third-order valence-corrected chi connectivity index (χ3v) is 1.48. The van der Waals surface area contributed by atoms with Crippen molar-refractivity contribution < 1.29 is 19.4 Å². The minimum Gasteiger partial charge on any atom is -0.476 e. The van der Waals surface area contributed by atoms with Gasteiger partial charge in [-0.15, -0.1) is 0 Å². The number of hydrogen-bond acceptors (Lipinski definition) is 5. The number of carbonyl (C=O) groups is 2. The predicted octanol–water partition coefficient (Wildman–Crippen LogP) is 1.52. The van der Waals surface area contributed by atoms with E-state index in [-0.39, 0.29) is 11.5 Å². The SMILES string of the molecule is CC(C)(C)OC(=O)Nc1cncc(C(=O)O)n1. The summed E-state index contributed by atoms with van der Waals surface area (Å²) >= 11 is 0. The molecule has 0 aliphatic carbocycles. The minimum atomic E-state index is -1.22. The molecular weight excluding hydrogens is 226 g/mol. The summed E-state index contributed by atoms with van der Waals surface area (Å²) in [6, 6.07) is 0. The lowest BCUT2D eigenvalue weighted by Gasteiger charge is -2.19. The van der Waals surface area contributed by atoms with Gasteiger partial charge in [-0.1, -0.05) is 0 Å². The van der Waals surface area contributed by atoms with Crippen molar-refractivity contribution in [3.8, 4) is 0 Å². The largest absolute Gasteiger partial charge is 0.476 e. The zero-order valence-corrected chi connectivity index (χ0v) is 9.72. The van der Waals surface area contributed by atoms with Crippen LogP contribution in [0.3, 0.4) is 0 Å². The lowest BCUT2D eigenvalue weighted by atomic mass is 10.2. The fourth-order valence-electron chi connectivity index (χ4n) is 0.937. The highest BCUT2D eigenvalue weighted by molar-refractivity contribution is 5.87. The van der Waals surface area contributed by atoms with Gasteiger partial charge in [0.15, 0.2) is 11.5 Å². The van der Waals surface area contributed by atoms with Gasteiger partial charge in [0.25, 0.3) is 0 Å². The van der Waals surface area contributed by atoms with Crippen molar-refractivity contribution in [2.24, 2.45) is 0 Å². The molecule has 0 fully saturated rings. The van der Waals surface area contributed by atoms with Crippen LogP contribution >= 0.6 is 0 Å². The molecule has 0 bridgehead atoms. The summed E-state index contributed by atoms with van der Waals surface area (Å²) in [5.41, 5.74) is -0.888. The van der Waals surface area contributed by atoms with Crippen molar-refractivity contribution in [1.82, 2.24) is 9.97 Å². The van der Waals surface area contributed by atoms with Crippen LogP contribution in [-0.2, 0) is 4.74 Å². The average Bonchev–Trinajstić information content (AvgIpc) is 2.14. The molecule has 0 spiro atoms. The number of aromatic carboxylic acids is 1. The van der Waals surface area contributed by atoms with E-state index in [4.69, 9.17) is 9.84 Å². The van der Waals surface area contributed by atoms with Gasteiger partial charge in [0.1, 0.15) is 5.60 Å². The maximum Gasteiger partial charge on any atom is 0.413 e. The number of ether oxygens (including phenoxy) is 1. The molecule has 1 heterocycles. The van der Waals surface area contributed by atoms with Crippen molar-refractivity contribution >= 4 is 17.9 Å². The van der Waals surface area contributed by atoms with Crippen LogP contribution in [-0.4, -0.2) is 32.7 Å². The molecule has 1 aromatic heterocycles. The average molecular weight is 239 g/mol. The first kappa shape index (κ1) is 12.9. The van der Waals surface area contributed by atoms with E-state index in [1.54, 1.807) is 20.8 Å². The number of aromatic nitrogens is 2. The van der Waals surface area contributed by atoms with E-state index in [2.05, 4.69) is 15.3 Å². The number of nitrogens with one attached hydrogen (secondary N) is 1. The first-order valence-electron chi connectivity index (χ1n) is 4.83. The number of anilines is 1. The number of hydrogen-bond donors (Lipinski definition) is 2. The first-order chi connectivity index (χ1) is 7.78. The van der Waals surface area contributed by atoms with Crippen LogP contribution in [0.15, 0.2) is 12.4 Å². The zero-order chi connectivity index (χ0) is 13.1. The van der Waals surface area contributed by atoms with Crippen molar-refractivity contribution in [3.05, 3.63) is 18.1 Å². The van der Waals surface area contributed by atoms with Crippen LogP contribution in [0.5, 0.6) is 0 Å². The molecular formula is C10H13N3O4. The first-order valence-corrected chi connectivity index (χ1v) is 4.83. The van der Waals surface area contributed by atoms with Gasteiger partial charge in [-0.2, -0.15) is 0 Å². The normalized spacial score (nSPS) is 10.8.